The van der Waals surface area contributed by atoms with E-state index in [2.05, 4.69) is 5.32 Å². The molecule has 0 saturated carbocycles. The SMILES string of the molecule is O=C(COC(=O)c1ccc(N2CCCC2=O)cc1)Nc1cccc([N+](=O)[O-])c1. The van der Waals surface area contributed by atoms with E-state index in [1.165, 1.54) is 36.4 Å². The topological polar surface area (TPSA) is 119 Å². The number of nitro groups is 1. The van der Waals surface area contributed by atoms with E-state index in [1.54, 1.807) is 17.0 Å². The minimum Gasteiger partial charge on any atom is -0.452 e. The molecule has 2 aromatic rings. The highest BCUT2D eigenvalue weighted by Gasteiger charge is 2.22. The van der Waals surface area contributed by atoms with Crippen LogP contribution >= 0.6 is 0 Å². The van der Waals surface area contributed by atoms with Crippen LogP contribution in [-0.4, -0.2) is 35.9 Å². The van der Waals surface area contributed by atoms with Crippen molar-refractivity contribution in [3.8, 4) is 0 Å². The lowest BCUT2D eigenvalue weighted by molar-refractivity contribution is -0.384. The predicted molar refractivity (Wildman–Crippen MR) is 100 cm³/mol. The highest BCUT2D eigenvalue weighted by atomic mass is 16.6. The third-order valence-corrected chi connectivity index (χ3v) is 4.16. The van der Waals surface area contributed by atoms with Crippen molar-refractivity contribution < 1.29 is 24.0 Å². The average Bonchev–Trinajstić information content (AvgIpc) is 3.12. The molecule has 1 fully saturated rings. The molecule has 144 valence electrons. The van der Waals surface area contributed by atoms with Crippen LogP contribution < -0.4 is 10.2 Å². The average molecular weight is 383 g/mol. The Morgan fingerprint density at radius 1 is 1.18 bits per heavy atom. The molecule has 0 spiro atoms. The van der Waals surface area contributed by atoms with Crippen molar-refractivity contribution in [2.24, 2.45) is 0 Å². The van der Waals surface area contributed by atoms with Gasteiger partial charge in [-0.1, -0.05) is 6.07 Å². The van der Waals surface area contributed by atoms with Crippen molar-refractivity contribution in [2.45, 2.75) is 12.8 Å². The zero-order valence-electron chi connectivity index (χ0n) is 14.8. The van der Waals surface area contributed by atoms with E-state index < -0.39 is 23.4 Å². The summed E-state index contributed by atoms with van der Waals surface area (Å²) < 4.78 is 4.96. The van der Waals surface area contributed by atoms with Crippen LogP contribution in [0.15, 0.2) is 48.5 Å². The number of nitrogens with one attached hydrogen (secondary N) is 1. The number of carbonyl (C=O) groups excluding carboxylic acids is 3. The van der Waals surface area contributed by atoms with Gasteiger partial charge < -0.3 is 15.0 Å². The summed E-state index contributed by atoms with van der Waals surface area (Å²) in [6.45, 7) is 0.119. The number of rotatable bonds is 6. The van der Waals surface area contributed by atoms with Crippen molar-refractivity contribution >= 4 is 34.8 Å². The van der Waals surface area contributed by atoms with Crippen molar-refractivity contribution in [2.75, 3.05) is 23.4 Å². The number of hydrogen-bond donors (Lipinski definition) is 1. The van der Waals surface area contributed by atoms with E-state index in [1.807, 2.05) is 0 Å². The Morgan fingerprint density at radius 3 is 2.57 bits per heavy atom. The van der Waals surface area contributed by atoms with Gasteiger partial charge in [-0.3, -0.25) is 19.7 Å². The predicted octanol–water partition coefficient (Wildman–Crippen LogP) is 2.52. The highest BCUT2D eigenvalue weighted by molar-refractivity contribution is 5.97. The lowest BCUT2D eigenvalue weighted by Gasteiger charge is -2.15. The van der Waals surface area contributed by atoms with Gasteiger partial charge in [0.1, 0.15) is 0 Å². The van der Waals surface area contributed by atoms with Gasteiger partial charge in [-0.15, -0.1) is 0 Å². The van der Waals surface area contributed by atoms with Crippen LogP contribution in [0.25, 0.3) is 0 Å². The molecule has 1 heterocycles. The largest absolute Gasteiger partial charge is 0.452 e. The molecule has 0 aromatic heterocycles. The number of non-ortho nitro benzene ring substituents is 1. The van der Waals surface area contributed by atoms with Crippen LogP contribution in [0.2, 0.25) is 0 Å². The van der Waals surface area contributed by atoms with E-state index in [4.69, 9.17) is 4.74 Å². The van der Waals surface area contributed by atoms with Crippen LogP contribution in [0, 0.1) is 10.1 Å². The number of nitrogens with zero attached hydrogens (tertiary/aromatic N) is 2. The molecule has 3 rings (SSSR count). The number of amides is 2. The van der Waals surface area contributed by atoms with Gasteiger partial charge in [-0.25, -0.2) is 4.79 Å². The summed E-state index contributed by atoms with van der Waals surface area (Å²) in [5, 5.41) is 13.2. The number of ether oxygens (including phenoxy) is 1. The number of benzene rings is 2. The molecule has 2 amide bonds. The van der Waals surface area contributed by atoms with Gasteiger partial charge >= 0.3 is 5.97 Å². The van der Waals surface area contributed by atoms with Gasteiger partial charge in [0.25, 0.3) is 11.6 Å². The fourth-order valence-electron chi connectivity index (χ4n) is 2.81. The van der Waals surface area contributed by atoms with Crippen molar-refractivity contribution in [3.05, 3.63) is 64.2 Å². The number of esters is 1. The first-order valence-corrected chi connectivity index (χ1v) is 8.56. The molecular formula is C19H17N3O6. The molecule has 0 atom stereocenters. The smallest absolute Gasteiger partial charge is 0.338 e. The third-order valence-electron chi connectivity index (χ3n) is 4.16. The number of carbonyl (C=O) groups is 3. The second kappa shape index (κ2) is 8.30. The van der Waals surface area contributed by atoms with Gasteiger partial charge in [0, 0.05) is 36.5 Å². The molecule has 28 heavy (non-hydrogen) atoms. The number of hydrogen-bond acceptors (Lipinski definition) is 6. The monoisotopic (exact) mass is 383 g/mol. The van der Waals surface area contributed by atoms with Crippen LogP contribution in [0.4, 0.5) is 17.1 Å². The fraction of sp³-hybridized carbons (Fsp3) is 0.211. The summed E-state index contributed by atoms with van der Waals surface area (Å²) >= 11 is 0. The highest BCUT2D eigenvalue weighted by Crippen LogP contribution is 2.22. The first kappa shape index (κ1) is 19.0. The Bertz CT molecular complexity index is 926. The molecular weight excluding hydrogens is 366 g/mol. The van der Waals surface area contributed by atoms with E-state index >= 15 is 0 Å². The maximum atomic E-state index is 12.1. The first-order chi connectivity index (χ1) is 13.4. The lowest BCUT2D eigenvalue weighted by atomic mass is 10.2. The minimum atomic E-state index is -0.687. The summed E-state index contributed by atoms with van der Waals surface area (Å²) in [4.78, 5) is 47.5. The van der Waals surface area contributed by atoms with E-state index in [0.29, 0.717) is 18.7 Å². The maximum Gasteiger partial charge on any atom is 0.338 e. The fourth-order valence-corrected chi connectivity index (χ4v) is 2.81. The normalized spacial score (nSPS) is 13.3. The van der Waals surface area contributed by atoms with Crippen molar-refractivity contribution in [1.29, 1.82) is 0 Å². The second-order valence-corrected chi connectivity index (χ2v) is 6.13. The first-order valence-electron chi connectivity index (χ1n) is 8.56. The van der Waals surface area contributed by atoms with Gasteiger partial charge in [0.05, 0.1) is 10.5 Å². The summed E-state index contributed by atoms with van der Waals surface area (Å²) in [5.41, 5.74) is 1.03. The van der Waals surface area contributed by atoms with E-state index in [9.17, 15) is 24.5 Å². The minimum absolute atomic E-state index is 0.0492. The number of anilines is 2. The molecule has 0 radical (unpaired) electrons. The van der Waals surface area contributed by atoms with Gasteiger partial charge in [-0.05, 0) is 36.8 Å². The summed E-state index contributed by atoms with van der Waals surface area (Å²) in [6, 6.07) is 11.8. The molecule has 1 N–H and O–H groups in total. The molecule has 1 saturated heterocycles. The van der Waals surface area contributed by atoms with Crippen LogP contribution in [0.3, 0.4) is 0 Å². The Balaban J connectivity index is 1.53. The van der Waals surface area contributed by atoms with E-state index in [-0.39, 0.29) is 22.8 Å². The molecule has 1 aliphatic rings. The summed E-state index contributed by atoms with van der Waals surface area (Å²) in [7, 11) is 0. The lowest BCUT2D eigenvalue weighted by Crippen LogP contribution is -2.23. The maximum absolute atomic E-state index is 12.1. The van der Waals surface area contributed by atoms with Crippen LogP contribution in [0.1, 0.15) is 23.2 Å². The molecule has 9 heteroatoms. The van der Waals surface area contributed by atoms with Gasteiger partial charge in [-0.2, -0.15) is 0 Å². The standard InChI is InChI=1S/C19H17N3O6/c23-17(20-14-3-1-4-16(11-14)22(26)27)12-28-19(25)13-6-8-15(9-7-13)21-10-2-5-18(21)24/h1,3-4,6-9,11H,2,5,10,12H2,(H,20,23). The second-order valence-electron chi connectivity index (χ2n) is 6.13. The Hall–Kier alpha value is -3.75. The molecule has 0 bridgehead atoms. The van der Waals surface area contributed by atoms with Crippen molar-refractivity contribution in [1.82, 2.24) is 0 Å². The molecule has 9 nitrogen and oxygen atoms in total. The number of nitro benzene ring substituents is 1. The van der Waals surface area contributed by atoms with Crippen LogP contribution in [-0.2, 0) is 14.3 Å². The zero-order chi connectivity index (χ0) is 20.1. The molecule has 2 aromatic carbocycles. The molecule has 0 unspecified atom stereocenters. The zero-order valence-corrected chi connectivity index (χ0v) is 14.8. The Labute approximate surface area is 160 Å². The van der Waals surface area contributed by atoms with E-state index in [0.717, 1.165) is 6.42 Å². The summed E-state index contributed by atoms with van der Waals surface area (Å²) in [5.74, 6) is -1.25. The Kier molecular flexibility index (Phi) is 5.64. The van der Waals surface area contributed by atoms with Gasteiger partial charge in [0.15, 0.2) is 6.61 Å². The van der Waals surface area contributed by atoms with Crippen LogP contribution in [0.5, 0.6) is 0 Å². The Morgan fingerprint density at radius 2 is 1.93 bits per heavy atom. The quantitative estimate of drug-likeness (QED) is 0.465. The van der Waals surface area contributed by atoms with Gasteiger partial charge in [0.2, 0.25) is 5.91 Å². The molecule has 1 aliphatic heterocycles. The summed E-state index contributed by atoms with van der Waals surface area (Å²) in [6.07, 6.45) is 1.33. The third kappa shape index (κ3) is 4.50. The van der Waals surface area contributed by atoms with Crippen molar-refractivity contribution in [3.63, 3.8) is 0 Å². The molecule has 0 aliphatic carbocycles.